The first-order valence-electron chi connectivity index (χ1n) is 13.4. The van der Waals surface area contributed by atoms with Crippen LogP contribution in [-0.2, 0) is 25.4 Å². The van der Waals surface area contributed by atoms with E-state index in [0.717, 1.165) is 18.2 Å². The molecule has 16 heteroatoms. The number of aryl methyl sites for hydroxylation is 1. The highest BCUT2D eigenvalue weighted by Crippen LogP contribution is 2.40. The molecule has 0 aliphatic carbocycles. The number of nitrogens with one attached hydrogen (secondary N) is 2. The fourth-order valence-corrected chi connectivity index (χ4v) is 5.32. The average molecular weight is 687 g/mol. The highest BCUT2D eigenvalue weighted by atomic mass is 35.5. The van der Waals surface area contributed by atoms with Gasteiger partial charge >= 0.3 is 12.3 Å². The lowest BCUT2D eigenvalue weighted by Gasteiger charge is -2.26. The van der Waals surface area contributed by atoms with Gasteiger partial charge in [-0.2, -0.15) is 21.9 Å². The zero-order valence-corrected chi connectivity index (χ0v) is 27.3. The highest BCUT2D eigenvalue weighted by molar-refractivity contribution is 7.93. The van der Waals surface area contributed by atoms with Crippen molar-refractivity contribution in [3.63, 3.8) is 0 Å². The Hall–Kier alpha value is -4.24. The van der Waals surface area contributed by atoms with E-state index in [4.69, 9.17) is 21.1 Å². The van der Waals surface area contributed by atoms with Gasteiger partial charge in [0.15, 0.2) is 0 Å². The van der Waals surface area contributed by atoms with Crippen molar-refractivity contribution in [3.8, 4) is 11.5 Å². The third kappa shape index (κ3) is 9.39. The van der Waals surface area contributed by atoms with E-state index in [9.17, 15) is 36.2 Å². The molecule has 0 spiro atoms. The van der Waals surface area contributed by atoms with Gasteiger partial charge in [-0.15, -0.1) is 0 Å². The molecule has 10 nitrogen and oxygen atoms in total. The lowest BCUT2D eigenvalue weighted by atomic mass is 10.1. The molecule has 0 fully saturated rings. The number of carbonyl (C=O) groups is 3. The molecule has 0 saturated carbocycles. The summed E-state index contributed by atoms with van der Waals surface area (Å²) in [5, 5.41) is 4.08. The third-order valence-electron chi connectivity index (χ3n) is 5.98. The molecule has 0 bridgehead atoms. The van der Waals surface area contributed by atoms with Gasteiger partial charge in [0, 0.05) is 16.8 Å². The molecule has 0 aliphatic heterocycles. The van der Waals surface area contributed by atoms with E-state index in [0.29, 0.717) is 6.07 Å². The van der Waals surface area contributed by atoms with E-state index in [1.165, 1.54) is 51.3 Å². The Labute approximate surface area is 268 Å². The van der Waals surface area contributed by atoms with Crippen molar-refractivity contribution in [1.82, 2.24) is 10.3 Å². The summed E-state index contributed by atoms with van der Waals surface area (Å²) in [4.78, 5) is 42.1. The topological polar surface area (TPSA) is 136 Å². The van der Waals surface area contributed by atoms with Crippen LogP contribution in [0.2, 0.25) is 5.02 Å². The fraction of sp³-hybridized carbons (Fsp3) is 0.333. The first kappa shape index (κ1) is 36.2. The second-order valence-corrected chi connectivity index (χ2v) is 14.2. The van der Waals surface area contributed by atoms with E-state index in [1.54, 1.807) is 20.8 Å². The number of pyridine rings is 1. The first-order valence-corrected chi connectivity index (χ1v) is 15.7. The van der Waals surface area contributed by atoms with Crippen LogP contribution >= 0.6 is 11.6 Å². The maximum atomic E-state index is 13.6. The van der Waals surface area contributed by atoms with Crippen LogP contribution < -0.4 is 15.4 Å². The number of alkyl carbamates (subject to hydrolysis) is 1. The molecule has 1 atom stereocenters. The van der Waals surface area contributed by atoms with Gasteiger partial charge in [-0.1, -0.05) is 17.7 Å². The summed E-state index contributed by atoms with van der Waals surface area (Å²) in [5.74, 6) is -3.41. The number of anilines is 1. The van der Waals surface area contributed by atoms with Gasteiger partial charge in [-0.05, 0) is 84.0 Å². The second-order valence-electron chi connectivity index (χ2n) is 11.6. The SMILES string of the molecule is Cc1nc(F)ccc1Oc1cc(C(F)(F)F)c(Cl)cc1C(=O)Nc1cccc([S@@](C)(=O)=NC(=O)C(C)(C)NC(=O)OC(C)(C)C)c1. The molecular formula is C30H31ClF4N4O6S. The highest BCUT2D eigenvalue weighted by Gasteiger charge is 2.36. The number of benzene rings is 2. The standard InChI is InChI=1S/C30H31ClF4N4O6S/c1-16-22(11-12-24(32)36-16)44-23-15-20(30(33,34)35)21(31)14-19(23)25(40)37-17-9-8-10-18(13-17)46(7,43)39-26(41)29(5,6)38-27(42)45-28(2,3)4/h8-15H,1-7H3,(H,37,40)(H,38,42)/t46-/m1/s1. The smallest absolute Gasteiger partial charge is 0.417 e. The maximum absolute atomic E-state index is 13.6. The number of amides is 3. The summed E-state index contributed by atoms with van der Waals surface area (Å²) < 4.78 is 82.5. The summed E-state index contributed by atoms with van der Waals surface area (Å²) >= 11 is 5.89. The predicted molar refractivity (Wildman–Crippen MR) is 163 cm³/mol. The Kier molecular flexibility index (Phi) is 10.4. The number of ether oxygens (including phenoxy) is 2. The van der Waals surface area contributed by atoms with Crippen molar-refractivity contribution >= 4 is 44.9 Å². The number of halogens is 5. The zero-order valence-electron chi connectivity index (χ0n) is 25.8. The van der Waals surface area contributed by atoms with Crippen molar-refractivity contribution in [2.45, 2.75) is 63.8 Å². The number of aromatic nitrogens is 1. The Morgan fingerprint density at radius 2 is 1.63 bits per heavy atom. The van der Waals surface area contributed by atoms with Gasteiger partial charge in [0.05, 0.1) is 31.6 Å². The lowest BCUT2D eigenvalue weighted by molar-refractivity contribution is -0.137. The molecule has 0 radical (unpaired) electrons. The number of nitrogens with zero attached hydrogens (tertiary/aromatic N) is 2. The fourth-order valence-electron chi connectivity index (χ4n) is 3.72. The molecule has 1 aromatic heterocycles. The van der Waals surface area contributed by atoms with Crippen LogP contribution in [0.3, 0.4) is 0 Å². The van der Waals surface area contributed by atoms with Crippen LogP contribution in [0.5, 0.6) is 11.5 Å². The van der Waals surface area contributed by atoms with Crippen molar-refractivity contribution in [2.24, 2.45) is 4.36 Å². The number of hydrogen-bond acceptors (Lipinski definition) is 7. The normalized spacial score (nSPS) is 13.3. The maximum Gasteiger partial charge on any atom is 0.417 e. The van der Waals surface area contributed by atoms with E-state index in [1.807, 2.05) is 0 Å². The minimum Gasteiger partial charge on any atom is -0.455 e. The Morgan fingerprint density at radius 1 is 0.978 bits per heavy atom. The summed E-state index contributed by atoms with van der Waals surface area (Å²) in [7, 11) is -3.45. The molecule has 3 aromatic rings. The molecule has 3 amide bonds. The van der Waals surface area contributed by atoms with Crippen LogP contribution in [0.1, 0.15) is 56.2 Å². The van der Waals surface area contributed by atoms with Crippen LogP contribution in [-0.4, -0.2) is 44.5 Å². The average Bonchev–Trinajstić information content (AvgIpc) is 2.88. The second kappa shape index (κ2) is 13.2. The molecule has 46 heavy (non-hydrogen) atoms. The van der Waals surface area contributed by atoms with Gasteiger partial charge < -0.3 is 20.1 Å². The zero-order chi connectivity index (χ0) is 34.8. The van der Waals surface area contributed by atoms with E-state index in [2.05, 4.69) is 20.0 Å². The van der Waals surface area contributed by atoms with Crippen LogP contribution in [0.4, 0.5) is 28.0 Å². The summed E-state index contributed by atoms with van der Waals surface area (Å²) in [5.41, 5.74) is -4.09. The van der Waals surface area contributed by atoms with Crippen molar-refractivity contribution in [1.29, 1.82) is 0 Å². The summed E-state index contributed by atoms with van der Waals surface area (Å²) in [6, 6.07) is 8.81. The Bertz CT molecular complexity index is 1820. The van der Waals surface area contributed by atoms with Crippen LogP contribution in [0.25, 0.3) is 0 Å². The number of hydrogen-bond donors (Lipinski definition) is 2. The molecule has 2 N–H and O–H groups in total. The van der Waals surface area contributed by atoms with Crippen molar-refractivity contribution < 1.29 is 45.6 Å². The van der Waals surface area contributed by atoms with Gasteiger partial charge in [-0.25, -0.2) is 14.0 Å². The molecule has 0 aliphatic rings. The summed E-state index contributed by atoms with van der Waals surface area (Å²) in [6.45, 7) is 8.98. The minimum absolute atomic E-state index is 0.00282. The minimum atomic E-state index is -4.89. The van der Waals surface area contributed by atoms with E-state index < -0.39 is 72.8 Å². The Balaban J connectivity index is 1.94. The molecular weight excluding hydrogens is 656 g/mol. The van der Waals surface area contributed by atoms with E-state index >= 15 is 0 Å². The number of rotatable bonds is 7. The quantitative estimate of drug-likeness (QED) is 0.194. The van der Waals surface area contributed by atoms with Crippen LogP contribution in [0.15, 0.2) is 57.8 Å². The third-order valence-corrected chi connectivity index (χ3v) is 7.93. The Morgan fingerprint density at radius 3 is 2.22 bits per heavy atom. The first-order chi connectivity index (χ1) is 21.0. The van der Waals surface area contributed by atoms with Gasteiger partial charge in [0.1, 0.15) is 22.6 Å². The molecule has 0 saturated heterocycles. The predicted octanol–water partition coefficient (Wildman–Crippen LogP) is 7.53. The molecule has 248 valence electrons. The van der Waals surface area contributed by atoms with Gasteiger partial charge in [0.25, 0.3) is 11.8 Å². The largest absolute Gasteiger partial charge is 0.455 e. The summed E-state index contributed by atoms with van der Waals surface area (Å²) in [6.07, 6.45) is -4.60. The number of alkyl halides is 3. The van der Waals surface area contributed by atoms with Crippen molar-refractivity contribution in [3.05, 3.63) is 76.3 Å². The van der Waals surface area contributed by atoms with Crippen LogP contribution in [0, 0.1) is 12.9 Å². The lowest BCUT2D eigenvalue weighted by Crippen LogP contribution is -2.50. The molecule has 1 heterocycles. The van der Waals surface area contributed by atoms with Gasteiger partial charge in [-0.3, -0.25) is 9.59 Å². The molecule has 2 aromatic carbocycles. The van der Waals surface area contributed by atoms with Crippen molar-refractivity contribution in [2.75, 3.05) is 11.6 Å². The molecule has 0 unspecified atom stereocenters. The van der Waals surface area contributed by atoms with E-state index in [-0.39, 0.29) is 22.0 Å². The monoisotopic (exact) mass is 686 g/mol. The molecule has 3 rings (SSSR count). The van der Waals surface area contributed by atoms with Gasteiger partial charge in [0.2, 0.25) is 5.95 Å². The number of carbonyl (C=O) groups excluding carboxylic acids is 3.